The minimum absolute atomic E-state index is 0.0549. The second-order valence-electron chi connectivity index (χ2n) is 6.19. The molecule has 1 aliphatic heterocycles. The topological polar surface area (TPSA) is 74.0 Å². The molecule has 0 bridgehead atoms. The third-order valence-corrected chi connectivity index (χ3v) is 4.43. The molecule has 0 aliphatic carbocycles. The largest absolute Gasteiger partial charge is 0.459 e. The minimum Gasteiger partial charge on any atom is -0.459 e. The van der Waals surface area contributed by atoms with Crippen LogP contribution in [0.5, 0.6) is 0 Å². The SMILES string of the molecule is CCNC(=NCc1ncccc1C)N1CCN(C(=O)c2ccco2)CC1. The number of nitrogens with one attached hydrogen (secondary N) is 1. The van der Waals surface area contributed by atoms with Crippen molar-refractivity contribution in [1.29, 1.82) is 0 Å². The van der Waals surface area contributed by atoms with Crippen molar-refractivity contribution in [2.24, 2.45) is 4.99 Å². The number of carbonyl (C=O) groups is 1. The van der Waals surface area contributed by atoms with Crippen LogP contribution < -0.4 is 5.32 Å². The van der Waals surface area contributed by atoms with E-state index in [1.165, 1.54) is 6.26 Å². The molecular formula is C19H25N5O2. The van der Waals surface area contributed by atoms with Gasteiger partial charge in [0.15, 0.2) is 11.7 Å². The fourth-order valence-electron chi connectivity index (χ4n) is 2.94. The normalized spacial score (nSPS) is 15.2. The molecule has 1 fully saturated rings. The Hall–Kier alpha value is -2.83. The number of hydrogen-bond donors (Lipinski definition) is 1. The molecule has 1 N–H and O–H groups in total. The highest BCUT2D eigenvalue weighted by atomic mass is 16.3. The Labute approximate surface area is 153 Å². The minimum atomic E-state index is -0.0549. The molecule has 0 aromatic carbocycles. The van der Waals surface area contributed by atoms with Crippen LogP contribution in [0.25, 0.3) is 0 Å². The molecule has 1 saturated heterocycles. The second-order valence-corrected chi connectivity index (χ2v) is 6.19. The number of aryl methyl sites for hydroxylation is 1. The van der Waals surface area contributed by atoms with Crippen LogP contribution >= 0.6 is 0 Å². The van der Waals surface area contributed by atoms with Crippen LogP contribution in [-0.2, 0) is 6.54 Å². The van der Waals surface area contributed by atoms with Gasteiger partial charge in [-0.1, -0.05) is 6.07 Å². The summed E-state index contributed by atoms with van der Waals surface area (Å²) in [6.45, 7) is 8.20. The Morgan fingerprint density at radius 2 is 2.00 bits per heavy atom. The van der Waals surface area contributed by atoms with Gasteiger partial charge in [0.2, 0.25) is 0 Å². The molecule has 0 radical (unpaired) electrons. The summed E-state index contributed by atoms with van der Waals surface area (Å²) in [7, 11) is 0. The van der Waals surface area contributed by atoms with E-state index in [2.05, 4.69) is 22.1 Å². The quantitative estimate of drug-likeness (QED) is 0.670. The summed E-state index contributed by atoms with van der Waals surface area (Å²) >= 11 is 0. The Bertz CT molecular complexity index is 749. The van der Waals surface area contributed by atoms with Gasteiger partial charge in [-0.2, -0.15) is 0 Å². The summed E-state index contributed by atoms with van der Waals surface area (Å²) in [5.41, 5.74) is 2.12. The first kappa shape index (κ1) is 18.0. The molecule has 0 saturated carbocycles. The first-order valence-corrected chi connectivity index (χ1v) is 8.95. The van der Waals surface area contributed by atoms with E-state index in [0.717, 1.165) is 36.9 Å². The van der Waals surface area contributed by atoms with E-state index in [4.69, 9.17) is 9.41 Å². The molecule has 1 amide bonds. The predicted molar refractivity (Wildman–Crippen MR) is 100.0 cm³/mol. The Morgan fingerprint density at radius 3 is 2.65 bits per heavy atom. The monoisotopic (exact) mass is 355 g/mol. The number of aromatic nitrogens is 1. The van der Waals surface area contributed by atoms with Crippen molar-refractivity contribution in [1.82, 2.24) is 20.1 Å². The molecule has 2 aromatic rings. The number of furan rings is 1. The number of guanidine groups is 1. The number of rotatable bonds is 4. The number of nitrogens with zero attached hydrogens (tertiary/aromatic N) is 4. The van der Waals surface area contributed by atoms with Gasteiger partial charge in [-0.25, -0.2) is 4.99 Å². The summed E-state index contributed by atoms with van der Waals surface area (Å²) in [5.74, 6) is 1.20. The van der Waals surface area contributed by atoms with Crippen molar-refractivity contribution < 1.29 is 9.21 Å². The Kier molecular flexibility index (Phi) is 5.88. The van der Waals surface area contributed by atoms with Crippen molar-refractivity contribution in [2.45, 2.75) is 20.4 Å². The average Bonchev–Trinajstić information content (AvgIpc) is 3.21. The highest BCUT2D eigenvalue weighted by Crippen LogP contribution is 2.10. The van der Waals surface area contributed by atoms with E-state index in [1.54, 1.807) is 18.3 Å². The average molecular weight is 355 g/mol. The standard InChI is InChI=1S/C19H25N5O2/c1-3-20-19(22-14-16-15(2)6-4-8-21-16)24-11-9-23(10-12-24)18(25)17-7-5-13-26-17/h4-8,13H,3,9-12,14H2,1-2H3,(H,20,22). The predicted octanol–water partition coefficient (Wildman–Crippen LogP) is 1.91. The van der Waals surface area contributed by atoms with Crippen LogP contribution in [0.2, 0.25) is 0 Å². The van der Waals surface area contributed by atoms with E-state index < -0.39 is 0 Å². The third-order valence-electron chi connectivity index (χ3n) is 4.43. The summed E-state index contributed by atoms with van der Waals surface area (Å²) in [4.78, 5) is 25.5. The summed E-state index contributed by atoms with van der Waals surface area (Å²) in [6, 6.07) is 7.42. The van der Waals surface area contributed by atoms with Crippen LogP contribution in [-0.4, -0.2) is 59.4 Å². The lowest BCUT2D eigenvalue weighted by Gasteiger charge is -2.36. The van der Waals surface area contributed by atoms with Crippen molar-refractivity contribution in [3.8, 4) is 0 Å². The van der Waals surface area contributed by atoms with Crippen molar-refractivity contribution >= 4 is 11.9 Å². The van der Waals surface area contributed by atoms with E-state index in [0.29, 0.717) is 25.4 Å². The maximum atomic E-state index is 12.4. The molecule has 3 rings (SSSR count). The summed E-state index contributed by atoms with van der Waals surface area (Å²) in [5, 5.41) is 3.34. The number of hydrogen-bond acceptors (Lipinski definition) is 4. The highest BCUT2D eigenvalue weighted by molar-refractivity contribution is 5.91. The fraction of sp³-hybridized carbons (Fsp3) is 0.421. The van der Waals surface area contributed by atoms with Gasteiger partial charge in [-0.05, 0) is 37.6 Å². The third kappa shape index (κ3) is 4.22. The van der Waals surface area contributed by atoms with Gasteiger partial charge in [0.05, 0.1) is 18.5 Å². The van der Waals surface area contributed by atoms with E-state index in [1.807, 2.05) is 24.0 Å². The maximum absolute atomic E-state index is 12.4. The molecule has 0 atom stereocenters. The molecule has 1 aliphatic rings. The van der Waals surface area contributed by atoms with Crippen LogP contribution in [0.4, 0.5) is 0 Å². The van der Waals surface area contributed by atoms with Gasteiger partial charge < -0.3 is 19.5 Å². The van der Waals surface area contributed by atoms with Crippen LogP contribution in [0, 0.1) is 6.92 Å². The molecule has 0 spiro atoms. The first-order valence-electron chi connectivity index (χ1n) is 8.95. The number of amides is 1. The maximum Gasteiger partial charge on any atom is 0.289 e. The molecule has 138 valence electrons. The fourth-order valence-corrected chi connectivity index (χ4v) is 2.94. The summed E-state index contributed by atoms with van der Waals surface area (Å²) in [6.07, 6.45) is 3.32. The van der Waals surface area contributed by atoms with Gasteiger partial charge in [-0.3, -0.25) is 9.78 Å². The van der Waals surface area contributed by atoms with Crippen molar-refractivity contribution in [2.75, 3.05) is 32.7 Å². The Morgan fingerprint density at radius 1 is 1.23 bits per heavy atom. The highest BCUT2D eigenvalue weighted by Gasteiger charge is 2.25. The van der Waals surface area contributed by atoms with Gasteiger partial charge in [0.25, 0.3) is 5.91 Å². The second kappa shape index (κ2) is 8.51. The number of carbonyl (C=O) groups excluding carboxylic acids is 1. The lowest BCUT2D eigenvalue weighted by Crippen LogP contribution is -2.53. The zero-order valence-electron chi connectivity index (χ0n) is 15.3. The number of piperazine rings is 1. The van der Waals surface area contributed by atoms with Crippen molar-refractivity contribution in [3.63, 3.8) is 0 Å². The van der Waals surface area contributed by atoms with Crippen molar-refractivity contribution in [3.05, 3.63) is 53.7 Å². The van der Waals surface area contributed by atoms with E-state index in [9.17, 15) is 4.79 Å². The lowest BCUT2D eigenvalue weighted by molar-refractivity contribution is 0.0657. The molecule has 0 unspecified atom stereocenters. The van der Waals surface area contributed by atoms with E-state index >= 15 is 0 Å². The zero-order valence-corrected chi connectivity index (χ0v) is 15.3. The zero-order chi connectivity index (χ0) is 18.4. The number of pyridine rings is 1. The van der Waals surface area contributed by atoms with Gasteiger partial charge in [-0.15, -0.1) is 0 Å². The van der Waals surface area contributed by atoms with Crippen LogP contribution in [0.3, 0.4) is 0 Å². The van der Waals surface area contributed by atoms with E-state index in [-0.39, 0.29) is 5.91 Å². The number of aliphatic imine (C=N–C) groups is 1. The smallest absolute Gasteiger partial charge is 0.289 e. The van der Waals surface area contributed by atoms with Gasteiger partial charge >= 0.3 is 0 Å². The van der Waals surface area contributed by atoms with Gasteiger partial charge in [0.1, 0.15) is 0 Å². The van der Waals surface area contributed by atoms with Crippen LogP contribution in [0.15, 0.2) is 46.1 Å². The molecule has 26 heavy (non-hydrogen) atoms. The molecule has 7 heteroatoms. The van der Waals surface area contributed by atoms with Crippen LogP contribution in [0.1, 0.15) is 28.7 Å². The summed E-state index contributed by atoms with van der Waals surface area (Å²) < 4.78 is 5.21. The molecule has 3 heterocycles. The molecule has 2 aromatic heterocycles. The Balaban J connectivity index is 1.62. The molecule has 7 nitrogen and oxygen atoms in total. The lowest BCUT2D eigenvalue weighted by atomic mass is 10.2. The molecular weight excluding hydrogens is 330 g/mol. The van der Waals surface area contributed by atoms with Gasteiger partial charge in [0, 0.05) is 38.9 Å². The first-order chi connectivity index (χ1) is 12.7.